The second-order valence-corrected chi connectivity index (χ2v) is 3.46. The van der Waals surface area contributed by atoms with E-state index >= 15 is 0 Å². The SMILES string of the molecule is NCCOCC(=O)Nc1ccc(C(F)(F)F)cc1. The first-order valence-electron chi connectivity index (χ1n) is 5.18. The van der Waals surface area contributed by atoms with Crippen molar-refractivity contribution in [2.24, 2.45) is 5.73 Å². The molecule has 4 nitrogen and oxygen atoms in total. The van der Waals surface area contributed by atoms with Gasteiger partial charge in [0.1, 0.15) is 6.61 Å². The lowest BCUT2D eigenvalue weighted by Crippen LogP contribution is -2.20. The molecule has 7 heteroatoms. The Balaban J connectivity index is 2.51. The second kappa shape index (κ2) is 6.36. The molecule has 1 amide bonds. The largest absolute Gasteiger partial charge is 0.416 e. The van der Waals surface area contributed by atoms with E-state index in [0.717, 1.165) is 12.1 Å². The van der Waals surface area contributed by atoms with E-state index in [1.54, 1.807) is 0 Å². The first-order chi connectivity index (χ1) is 8.43. The third-order valence-electron chi connectivity index (χ3n) is 1.99. The zero-order chi connectivity index (χ0) is 13.6. The predicted octanol–water partition coefficient (Wildman–Crippen LogP) is 1.62. The molecule has 0 aromatic heterocycles. The van der Waals surface area contributed by atoms with E-state index in [1.165, 1.54) is 12.1 Å². The van der Waals surface area contributed by atoms with E-state index in [4.69, 9.17) is 10.5 Å². The fraction of sp³-hybridized carbons (Fsp3) is 0.364. The van der Waals surface area contributed by atoms with Crippen LogP contribution in [0.5, 0.6) is 0 Å². The molecule has 0 unspecified atom stereocenters. The molecule has 1 aromatic rings. The number of alkyl halides is 3. The normalized spacial score (nSPS) is 11.3. The van der Waals surface area contributed by atoms with Crippen molar-refractivity contribution in [1.82, 2.24) is 0 Å². The highest BCUT2D eigenvalue weighted by molar-refractivity contribution is 5.91. The topological polar surface area (TPSA) is 64.3 Å². The summed E-state index contributed by atoms with van der Waals surface area (Å²) in [7, 11) is 0. The van der Waals surface area contributed by atoms with Crippen LogP contribution >= 0.6 is 0 Å². The number of carbonyl (C=O) groups is 1. The van der Waals surface area contributed by atoms with Crippen molar-refractivity contribution in [2.75, 3.05) is 25.1 Å². The Morgan fingerprint density at radius 1 is 1.28 bits per heavy atom. The van der Waals surface area contributed by atoms with Gasteiger partial charge in [-0.15, -0.1) is 0 Å². The monoisotopic (exact) mass is 262 g/mol. The molecule has 0 heterocycles. The van der Waals surface area contributed by atoms with Crippen LogP contribution in [0, 0.1) is 0 Å². The van der Waals surface area contributed by atoms with E-state index in [0.29, 0.717) is 6.54 Å². The van der Waals surface area contributed by atoms with E-state index < -0.39 is 17.6 Å². The Hall–Kier alpha value is -1.60. The molecule has 0 aliphatic rings. The number of ether oxygens (including phenoxy) is 1. The molecular weight excluding hydrogens is 249 g/mol. The molecule has 0 spiro atoms. The average Bonchev–Trinajstić information content (AvgIpc) is 2.29. The lowest BCUT2D eigenvalue weighted by Gasteiger charge is -2.08. The lowest BCUT2D eigenvalue weighted by atomic mass is 10.2. The fourth-order valence-corrected chi connectivity index (χ4v) is 1.19. The van der Waals surface area contributed by atoms with Gasteiger partial charge in [0, 0.05) is 12.2 Å². The number of hydrogen-bond donors (Lipinski definition) is 2. The molecule has 0 saturated heterocycles. The summed E-state index contributed by atoms with van der Waals surface area (Å²) >= 11 is 0. The van der Waals surface area contributed by atoms with Crippen molar-refractivity contribution >= 4 is 11.6 Å². The van der Waals surface area contributed by atoms with Gasteiger partial charge < -0.3 is 15.8 Å². The Labute approximate surface area is 102 Å². The summed E-state index contributed by atoms with van der Waals surface area (Å²) in [5, 5.41) is 2.41. The lowest BCUT2D eigenvalue weighted by molar-refractivity contribution is -0.137. The minimum Gasteiger partial charge on any atom is -0.370 e. The van der Waals surface area contributed by atoms with Crippen LogP contribution in [0.25, 0.3) is 0 Å². The molecule has 0 aliphatic heterocycles. The van der Waals surface area contributed by atoms with Crippen molar-refractivity contribution in [3.8, 4) is 0 Å². The summed E-state index contributed by atoms with van der Waals surface area (Å²) in [5.74, 6) is -0.441. The maximum atomic E-state index is 12.3. The van der Waals surface area contributed by atoms with Gasteiger partial charge in [0.15, 0.2) is 0 Å². The molecule has 1 rings (SSSR count). The summed E-state index contributed by atoms with van der Waals surface area (Å²) in [6.45, 7) is 0.367. The van der Waals surface area contributed by atoms with E-state index in [-0.39, 0.29) is 18.9 Å². The van der Waals surface area contributed by atoms with Crippen LogP contribution in [0.1, 0.15) is 5.56 Å². The van der Waals surface area contributed by atoms with Crippen molar-refractivity contribution in [2.45, 2.75) is 6.18 Å². The third-order valence-corrected chi connectivity index (χ3v) is 1.99. The van der Waals surface area contributed by atoms with Gasteiger partial charge in [0.05, 0.1) is 12.2 Å². The minimum absolute atomic E-state index is 0.182. The molecule has 0 bridgehead atoms. The van der Waals surface area contributed by atoms with E-state index in [9.17, 15) is 18.0 Å². The van der Waals surface area contributed by atoms with Crippen LogP contribution in [0.4, 0.5) is 18.9 Å². The highest BCUT2D eigenvalue weighted by Gasteiger charge is 2.29. The molecule has 3 N–H and O–H groups in total. The van der Waals surface area contributed by atoms with Crippen LogP contribution in [0.2, 0.25) is 0 Å². The van der Waals surface area contributed by atoms with Gasteiger partial charge in [-0.1, -0.05) is 0 Å². The van der Waals surface area contributed by atoms with Crippen LogP contribution < -0.4 is 11.1 Å². The van der Waals surface area contributed by atoms with Crippen LogP contribution in [-0.4, -0.2) is 25.7 Å². The van der Waals surface area contributed by atoms with Crippen LogP contribution in [-0.2, 0) is 15.7 Å². The maximum Gasteiger partial charge on any atom is 0.416 e. The van der Waals surface area contributed by atoms with Gasteiger partial charge in [-0.3, -0.25) is 4.79 Å². The van der Waals surface area contributed by atoms with E-state index in [2.05, 4.69) is 5.32 Å². The average molecular weight is 262 g/mol. The van der Waals surface area contributed by atoms with E-state index in [1.807, 2.05) is 0 Å². The highest BCUT2D eigenvalue weighted by atomic mass is 19.4. The van der Waals surface area contributed by atoms with Crippen molar-refractivity contribution in [3.05, 3.63) is 29.8 Å². The summed E-state index contributed by atoms with van der Waals surface area (Å²) in [6, 6.07) is 4.17. The number of carbonyl (C=O) groups excluding carboxylic acids is 1. The van der Waals surface area contributed by atoms with Gasteiger partial charge in [-0.05, 0) is 24.3 Å². The standard InChI is InChI=1S/C11H13F3N2O2/c12-11(13,14)8-1-3-9(4-2-8)16-10(17)7-18-6-5-15/h1-4H,5-7,15H2,(H,16,17). The Bertz CT molecular complexity index is 390. The molecule has 0 saturated carbocycles. The zero-order valence-corrected chi connectivity index (χ0v) is 9.46. The summed E-state index contributed by atoms with van der Waals surface area (Å²) in [5.41, 5.74) is 4.68. The van der Waals surface area contributed by atoms with Gasteiger partial charge in [0.25, 0.3) is 0 Å². The number of hydrogen-bond acceptors (Lipinski definition) is 3. The number of benzene rings is 1. The van der Waals surface area contributed by atoms with Crippen molar-refractivity contribution in [3.63, 3.8) is 0 Å². The zero-order valence-electron chi connectivity index (χ0n) is 9.46. The number of halogens is 3. The predicted molar refractivity (Wildman–Crippen MR) is 59.9 cm³/mol. The highest BCUT2D eigenvalue weighted by Crippen LogP contribution is 2.29. The minimum atomic E-state index is -4.38. The van der Waals surface area contributed by atoms with Gasteiger partial charge in [-0.2, -0.15) is 13.2 Å². The Morgan fingerprint density at radius 2 is 1.89 bits per heavy atom. The summed E-state index contributed by atoms with van der Waals surface area (Å²) in [6.07, 6.45) is -4.38. The van der Waals surface area contributed by atoms with Gasteiger partial charge in [-0.25, -0.2) is 0 Å². The third kappa shape index (κ3) is 4.72. The maximum absolute atomic E-state index is 12.3. The molecule has 0 atom stereocenters. The molecule has 1 aromatic carbocycles. The number of anilines is 1. The molecule has 100 valence electrons. The summed E-state index contributed by atoms with van der Waals surface area (Å²) < 4.78 is 41.7. The Morgan fingerprint density at radius 3 is 2.39 bits per heavy atom. The number of amides is 1. The molecule has 0 radical (unpaired) electrons. The van der Waals surface area contributed by atoms with Crippen LogP contribution in [0.3, 0.4) is 0 Å². The number of nitrogens with two attached hydrogens (primary N) is 1. The van der Waals surface area contributed by atoms with Gasteiger partial charge in [0.2, 0.25) is 5.91 Å². The number of rotatable bonds is 5. The fourth-order valence-electron chi connectivity index (χ4n) is 1.19. The van der Waals surface area contributed by atoms with Crippen LogP contribution in [0.15, 0.2) is 24.3 Å². The first kappa shape index (κ1) is 14.5. The second-order valence-electron chi connectivity index (χ2n) is 3.46. The molecule has 0 fully saturated rings. The van der Waals surface area contributed by atoms with Gasteiger partial charge >= 0.3 is 6.18 Å². The number of nitrogens with one attached hydrogen (secondary N) is 1. The first-order valence-corrected chi connectivity index (χ1v) is 5.18. The smallest absolute Gasteiger partial charge is 0.370 e. The Kier molecular flexibility index (Phi) is 5.11. The molecular formula is C11H13F3N2O2. The molecule has 18 heavy (non-hydrogen) atoms. The quantitative estimate of drug-likeness (QED) is 0.792. The van der Waals surface area contributed by atoms with Crippen molar-refractivity contribution in [1.29, 1.82) is 0 Å². The summed E-state index contributed by atoms with van der Waals surface area (Å²) in [4.78, 5) is 11.3. The van der Waals surface area contributed by atoms with Crippen molar-refractivity contribution < 1.29 is 22.7 Å². The molecule has 0 aliphatic carbocycles.